The van der Waals surface area contributed by atoms with Gasteiger partial charge in [0, 0.05) is 11.1 Å². The number of benzene rings is 2. The Morgan fingerprint density at radius 3 is 2.40 bits per heavy atom. The van der Waals surface area contributed by atoms with Crippen LogP contribution in [0, 0.1) is 18.6 Å². The van der Waals surface area contributed by atoms with Gasteiger partial charge >= 0.3 is 10.1 Å². The van der Waals surface area contributed by atoms with Crippen molar-refractivity contribution in [1.29, 1.82) is 0 Å². The maximum Gasteiger partial charge on any atom is 0.339 e. The van der Waals surface area contributed by atoms with E-state index in [0.29, 0.717) is 11.6 Å². The quantitative estimate of drug-likeness (QED) is 0.811. The van der Waals surface area contributed by atoms with Crippen molar-refractivity contribution in [2.45, 2.75) is 11.8 Å². The van der Waals surface area contributed by atoms with E-state index in [1.54, 1.807) is 6.92 Å². The van der Waals surface area contributed by atoms with Crippen LogP contribution in [0.15, 0.2) is 41.3 Å². The van der Waals surface area contributed by atoms with Crippen LogP contribution in [0.1, 0.15) is 5.56 Å². The maximum absolute atomic E-state index is 13.0. The third-order valence-corrected chi connectivity index (χ3v) is 4.14. The summed E-state index contributed by atoms with van der Waals surface area (Å²) in [7, 11) is -4.17. The van der Waals surface area contributed by atoms with Crippen molar-refractivity contribution in [3.05, 3.63) is 58.6 Å². The molecule has 2 aromatic carbocycles. The van der Waals surface area contributed by atoms with E-state index in [1.165, 1.54) is 18.2 Å². The van der Waals surface area contributed by atoms with Gasteiger partial charge in [0.05, 0.1) is 0 Å². The molecule has 0 amide bonds. The van der Waals surface area contributed by atoms with Gasteiger partial charge < -0.3 is 4.18 Å². The first-order chi connectivity index (χ1) is 9.29. The fourth-order valence-corrected chi connectivity index (χ4v) is 2.96. The predicted molar refractivity (Wildman–Crippen MR) is 70.4 cm³/mol. The highest BCUT2D eigenvalue weighted by Gasteiger charge is 2.20. The lowest BCUT2D eigenvalue weighted by molar-refractivity contribution is 0.471. The van der Waals surface area contributed by atoms with Crippen molar-refractivity contribution < 1.29 is 21.4 Å². The van der Waals surface area contributed by atoms with Gasteiger partial charge in [-0.3, -0.25) is 0 Å². The molecule has 2 rings (SSSR count). The zero-order chi connectivity index (χ0) is 14.9. The van der Waals surface area contributed by atoms with Crippen LogP contribution in [0.25, 0.3) is 0 Å². The number of rotatable bonds is 3. The van der Waals surface area contributed by atoms with Crippen LogP contribution >= 0.6 is 11.6 Å². The molecule has 0 atom stereocenters. The maximum atomic E-state index is 13.0. The lowest BCUT2D eigenvalue weighted by atomic mass is 10.2. The van der Waals surface area contributed by atoms with E-state index in [1.807, 2.05) is 0 Å². The van der Waals surface area contributed by atoms with E-state index in [2.05, 4.69) is 0 Å². The average Bonchev–Trinajstić information content (AvgIpc) is 2.36. The molecule has 0 aromatic heterocycles. The summed E-state index contributed by atoms with van der Waals surface area (Å²) < 4.78 is 54.7. The van der Waals surface area contributed by atoms with Crippen LogP contribution in [0.2, 0.25) is 5.02 Å². The molecule has 20 heavy (non-hydrogen) atoms. The Morgan fingerprint density at radius 1 is 1.05 bits per heavy atom. The summed E-state index contributed by atoms with van der Waals surface area (Å²) in [5, 5.41) is 0.225. The van der Waals surface area contributed by atoms with Gasteiger partial charge in [-0.25, -0.2) is 8.78 Å². The molecule has 106 valence electrons. The van der Waals surface area contributed by atoms with Crippen LogP contribution in [0.5, 0.6) is 5.75 Å². The number of hydrogen-bond donors (Lipinski definition) is 0. The Labute approximate surface area is 119 Å². The molecular weight excluding hydrogens is 310 g/mol. The molecule has 7 heteroatoms. The van der Waals surface area contributed by atoms with Gasteiger partial charge in [0.15, 0.2) is 11.6 Å². The molecule has 0 aliphatic carbocycles. The Hall–Kier alpha value is -1.66. The van der Waals surface area contributed by atoms with Crippen molar-refractivity contribution in [2.75, 3.05) is 0 Å². The lowest BCUT2D eigenvalue weighted by Crippen LogP contribution is -2.11. The summed E-state index contributed by atoms with van der Waals surface area (Å²) in [4.78, 5) is -0.130. The Bertz CT molecular complexity index is 760. The molecule has 0 bridgehead atoms. The second-order valence-electron chi connectivity index (χ2n) is 4.02. The highest BCUT2D eigenvalue weighted by molar-refractivity contribution is 7.87. The summed E-state index contributed by atoms with van der Waals surface area (Å²) in [5.41, 5.74) is 0.428. The van der Waals surface area contributed by atoms with Crippen LogP contribution in [0.3, 0.4) is 0 Å². The third-order valence-electron chi connectivity index (χ3n) is 2.52. The summed E-state index contributed by atoms with van der Waals surface area (Å²) in [6.07, 6.45) is 0. The number of halogens is 3. The fourth-order valence-electron chi connectivity index (χ4n) is 1.54. The van der Waals surface area contributed by atoms with Crippen molar-refractivity contribution in [3.8, 4) is 5.75 Å². The van der Waals surface area contributed by atoms with Gasteiger partial charge in [-0.2, -0.15) is 8.42 Å². The molecule has 0 saturated carbocycles. The number of hydrogen-bond acceptors (Lipinski definition) is 3. The van der Waals surface area contributed by atoms with E-state index >= 15 is 0 Å². The molecular formula is C13H9ClF2O3S. The lowest BCUT2D eigenvalue weighted by Gasteiger charge is -2.09. The molecule has 0 N–H and O–H groups in total. The van der Waals surface area contributed by atoms with Gasteiger partial charge in [0.1, 0.15) is 10.6 Å². The zero-order valence-corrected chi connectivity index (χ0v) is 11.8. The molecule has 2 aromatic rings. The molecule has 0 heterocycles. The molecule has 0 spiro atoms. The smallest absolute Gasteiger partial charge is 0.339 e. The second kappa shape index (κ2) is 5.38. The van der Waals surface area contributed by atoms with E-state index < -0.39 is 21.8 Å². The zero-order valence-electron chi connectivity index (χ0n) is 10.2. The Kier molecular flexibility index (Phi) is 3.96. The minimum absolute atomic E-state index is 0.130. The third kappa shape index (κ3) is 3.08. The Balaban J connectivity index is 2.40. The van der Waals surface area contributed by atoms with Gasteiger partial charge in [-0.15, -0.1) is 0 Å². The van der Waals surface area contributed by atoms with Crippen molar-refractivity contribution >= 4 is 21.7 Å². The van der Waals surface area contributed by atoms with Crippen molar-refractivity contribution in [2.24, 2.45) is 0 Å². The molecule has 0 radical (unpaired) electrons. The van der Waals surface area contributed by atoms with E-state index in [0.717, 1.165) is 12.1 Å². The average molecular weight is 319 g/mol. The van der Waals surface area contributed by atoms with Gasteiger partial charge in [-0.1, -0.05) is 17.7 Å². The van der Waals surface area contributed by atoms with Crippen LogP contribution in [-0.2, 0) is 10.1 Å². The number of aryl methyl sites for hydroxylation is 1. The summed E-state index contributed by atoms with van der Waals surface area (Å²) in [6, 6.07) is 6.75. The summed E-state index contributed by atoms with van der Waals surface area (Å²) >= 11 is 5.74. The molecule has 0 fully saturated rings. The van der Waals surface area contributed by atoms with Gasteiger partial charge in [0.25, 0.3) is 0 Å². The molecule has 0 unspecified atom stereocenters. The first kappa shape index (κ1) is 14.7. The largest absolute Gasteiger partial charge is 0.379 e. The second-order valence-corrected chi connectivity index (χ2v) is 5.97. The van der Waals surface area contributed by atoms with Crippen molar-refractivity contribution in [1.82, 2.24) is 0 Å². The molecule has 3 nitrogen and oxygen atoms in total. The van der Waals surface area contributed by atoms with Gasteiger partial charge in [-0.05, 0) is 36.8 Å². The van der Waals surface area contributed by atoms with E-state index in [4.69, 9.17) is 15.8 Å². The van der Waals surface area contributed by atoms with Crippen LogP contribution < -0.4 is 4.18 Å². The van der Waals surface area contributed by atoms with Crippen LogP contribution in [0.4, 0.5) is 8.78 Å². The minimum atomic E-state index is -4.17. The normalized spacial score (nSPS) is 11.4. The molecule has 0 aliphatic rings. The molecule has 0 saturated heterocycles. The monoisotopic (exact) mass is 318 g/mol. The fraction of sp³-hybridized carbons (Fsp3) is 0.0769. The van der Waals surface area contributed by atoms with E-state index in [-0.39, 0.29) is 15.7 Å². The minimum Gasteiger partial charge on any atom is -0.379 e. The molecule has 0 aliphatic heterocycles. The predicted octanol–water partition coefficient (Wildman–Crippen LogP) is 3.69. The van der Waals surface area contributed by atoms with E-state index in [9.17, 15) is 17.2 Å². The first-order valence-electron chi connectivity index (χ1n) is 5.45. The van der Waals surface area contributed by atoms with Crippen molar-refractivity contribution in [3.63, 3.8) is 0 Å². The first-order valence-corrected chi connectivity index (χ1v) is 7.24. The SMILES string of the molecule is Cc1ccc(Cl)cc1S(=O)(=O)Oc1ccc(F)c(F)c1. The highest BCUT2D eigenvalue weighted by atomic mass is 35.5. The standard InChI is InChI=1S/C13H9ClF2O3S/c1-8-2-3-9(14)6-13(8)20(17,18)19-10-4-5-11(15)12(16)7-10/h2-7H,1H3. The topological polar surface area (TPSA) is 43.4 Å². The van der Waals surface area contributed by atoms with Gasteiger partial charge in [0.2, 0.25) is 0 Å². The Morgan fingerprint density at radius 2 is 1.75 bits per heavy atom. The summed E-state index contributed by atoms with van der Waals surface area (Å²) in [5.74, 6) is -2.60. The summed E-state index contributed by atoms with van der Waals surface area (Å²) in [6.45, 7) is 1.57. The highest BCUT2D eigenvalue weighted by Crippen LogP contribution is 2.25. The van der Waals surface area contributed by atoms with Crippen LogP contribution in [-0.4, -0.2) is 8.42 Å².